The minimum Gasteiger partial charge on any atom is -0.506 e. The number of aliphatic hydroxyl groups excluding tert-OH is 1. The zero-order valence-electron chi connectivity index (χ0n) is 7.50. The van der Waals surface area contributed by atoms with Crippen LogP contribution in [0.5, 0.6) is 5.75 Å². The van der Waals surface area contributed by atoms with Crippen molar-refractivity contribution in [2.75, 3.05) is 0 Å². The zero-order valence-corrected chi connectivity index (χ0v) is 9.08. The highest BCUT2D eigenvalue weighted by atomic mass is 79.9. The molecule has 0 unspecified atom stereocenters. The van der Waals surface area contributed by atoms with E-state index >= 15 is 0 Å². The number of rotatable bonds is 3. The molecule has 0 amide bonds. The standard InChI is InChI=1S/C10H13BrO2/c1-7(12)5-6-8-3-2-4-9(11)10(8)13/h2-4,7,12-13H,5-6H2,1H3/t7-/m1/s1. The van der Waals surface area contributed by atoms with Crippen LogP contribution in [0.1, 0.15) is 18.9 Å². The van der Waals surface area contributed by atoms with Crippen LogP contribution in [0.25, 0.3) is 0 Å². The number of para-hydroxylation sites is 1. The first-order chi connectivity index (χ1) is 6.11. The third kappa shape index (κ3) is 3.01. The number of hydrogen-bond acceptors (Lipinski definition) is 2. The first-order valence-corrected chi connectivity index (χ1v) is 5.05. The second-order valence-electron chi connectivity index (χ2n) is 3.14. The van der Waals surface area contributed by atoms with Crippen LogP contribution >= 0.6 is 15.9 Å². The predicted octanol–water partition coefficient (Wildman–Crippen LogP) is 2.47. The van der Waals surface area contributed by atoms with Crippen molar-refractivity contribution in [1.29, 1.82) is 0 Å². The maximum Gasteiger partial charge on any atom is 0.132 e. The first kappa shape index (κ1) is 10.5. The van der Waals surface area contributed by atoms with Gasteiger partial charge in [0.1, 0.15) is 5.75 Å². The van der Waals surface area contributed by atoms with Crippen LogP contribution in [-0.2, 0) is 6.42 Å². The van der Waals surface area contributed by atoms with Gasteiger partial charge in [0.05, 0.1) is 10.6 Å². The van der Waals surface area contributed by atoms with Crippen LogP contribution in [0.2, 0.25) is 0 Å². The molecule has 1 atom stereocenters. The Morgan fingerprint density at radius 3 is 2.77 bits per heavy atom. The zero-order chi connectivity index (χ0) is 9.84. The van der Waals surface area contributed by atoms with E-state index in [1.54, 1.807) is 13.0 Å². The number of phenols is 1. The highest BCUT2D eigenvalue weighted by Crippen LogP contribution is 2.28. The summed E-state index contributed by atoms with van der Waals surface area (Å²) in [6.07, 6.45) is 1.05. The van der Waals surface area contributed by atoms with Gasteiger partial charge in [-0.3, -0.25) is 0 Å². The fourth-order valence-electron chi connectivity index (χ4n) is 1.13. The van der Waals surface area contributed by atoms with Crippen molar-refractivity contribution in [1.82, 2.24) is 0 Å². The average molecular weight is 245 g/mol. The lowest BCUT2D eigenvalue weighted by Gasteiger charge is -2.07. The fourth-order valence-corrected chi connectivity index (χ4v) is 1.53. The highest BCUT2D eigenvalue weighted by Gasteiger charge is 2.05. The van der Waals surface area contributed by atoms with Crippen molar-refractivity contribution in [3.05, 3.63) is 28.2 Å². The number of hydrogen-bond donors (Lipinski definition) is 2. The quantitative estimate of drug-likeness (QED) is 0.858. The topological polar surface area (TPSA) is 40.5 Å². The molecule has 0 aliphatic carbocycles. The van der Waals surface area contributed by atoms with Crippen LogP contribution in [0.3, 0.4) is 0 Å². The van der Waals surface area contributed by atoms with Crippen LogP contribution in [0.4, 0.5) is 0 Å². The van der Waals surface area contributed by atoms with Crippen molar-refractivity contribution in [2.24, 2.45) is 0 Å². The van der Waals surface area contributed by atoms with Gasteiger partial charge in [0.15, 0.2) is 0 Å². The lowest BCUT2D eigenvalue weighted by atomic mass is 10.1. The summed E-state index contributed by atoms with van der Waals surface area (Å²) in [6.45, 7) is 1.75. The molecule has 2 nitrogen and oxygen atoms in total. The van der Waals surface area contributed by atoms with E-state index in [-0.39, 0.29) is 11.9 Å². The SMILES string of the molecule is C[C@@H](O)CCc1cccc(Br)c1O. The van der Waals surface area contributed by atoms with Gasteiger partial charge in [0, 0.05) is 0 Å². The van der Waals surface area contributed by atoms with Gasteiger partial charge in [-0.15, -0.1) is 0 Å². The van der Waals surface area contributed by atoms with Crippen molar-refractivity contribution < 1.29 is 10.2 Å². The molecule has 0 saturated heterocycles. The smallest absolute Gasteiger partial charge is 0.132 e. The summed E-state index contributed by atoms with van der Waals surface area (Å²) in [5, 5.41) is 18.7. The molecule has 13 heavy (non-hydrogen) atoms. The Morgan fingerprint density at radius 2 is 2.15 bits per heavy atom. The Labute approximate surface area is 86.3 Å². The maximum atomic E-state index is 9.58. The summed E-state index contributed by atoms with van der Waals surface area (Å²) in [5.74, 6) is 0.281. The van der Waals surface area contributed by atoms with E-state index < -0.39 is 0 Å². The van der Waals surface area contributed by atoms with Crippen molar-refractivity contribution in [3.8, 4) is 5.75 Å². The molecule has 3 heteroatoms. The Bertz CT molecular complexity index is 284. The van der Waals surface area contributed by atoms with Crippen LogP contribution in [0, 0.1) is 0 Å². The summed E-state index contributed by atoms with van der Waals surface area (Å²) < 4.78 is 0.704. The Balaban J connectivity index is 2.71. The molecule has 0 saturated carbocycles. The van der Waals surface area contributed by atoms with Gasteiger partial charge in [-0.1, -0.05) is 12.1 Å². The number of benzene rings is 1. The minimum absolute atomic E-state index is 0.281. The predicted molar refractivity (Wildman–Crippen MR) is 55.8 cm³/mol. The Hall–Kier alpha value is -0.540. The molecule has 0 fully saturated rings. The second-order valence-corrected chi connectivity index (χ2v) is 3.99. The molecule has 0 aliphatic heterocycles. The van der Waals surface area contributed by atoms with Crippen LogP contribution < -0.4 is 0 Å². The van der Waals surface area contributed by atoms with Gasteiger partial charge < -0.3 is 10.2 Å². The van der Waals surface area contributed by atoms with Crippen LogP contribution in [-0.4, -0.2) is 16.3 Å². The number of phenolic OH excluding ortho intramolecular Hbond substituents is 1. The summed E-state index contributed by atoms with van der Waals surface area (Å²) in [5.41, 5.74) is 0.871. The molecular weight excluding hydrogens is 232 g/mol. The molecule has 1 aromatic carbocycles. The Kier molecular flexibility index (Phi) is 3.75. The molecule has 0 aromatic heterocycles. The summed E-state index contributed by atoms with van der Waals surface area (Å²) >= 11 is 3.24. The maximum absolute atomic E-state index is 9.58. The largest absolute Gasteiger partial charge is 0.506 e. The molecular formula is C10H13BrO2. The van der Waals surface area contributed by atoms with Crippen molar-refractivity contribution in [2.45, 2.75) is 25.9 Å². The Morgan fingerprint density at radius 1 is 1.46 bits per heavy atom. The molecule has 0 aliphatic rings. The molecule has 72 valence electrons. The van der Waals surface area contributed by atoms with E-state index in [9.17, 15) is 5.11 Å². The van der Waals surface area contributed by atoms with E-state index in [4.69, 9.17) is 5.11 Å². The lowest BCUT2D eigenvalue weighted by Crippen LogP contribution is -2.01. The lowest BCUT2D eigenvalue weighted by molar-refractivity contribution is 0.184. The summed E-state index contributed by atoms with van der Waals surface area (Å²) in [6, 6.07) is 5.53. The van der Waals surface area contributed by atoms with Gasteiger partial charge in [0.2, 0.25) is 0 Å². The van der Waals surface area contributed by atoms with Crippen molar-refractivity contribution >= 4 is 15.9 Å². The summed E-state index contributed by atoms with van der Waals surface area (Å²) in [7, 11) is 0. The number of halogens is 1. The third-order valence-electron chi connectivity index (χ3n) is 1.90. The molecule has 0 spiro atoms. The molecule has 0 radical (unpaired) electrons. The molecule has 1 aromatic rings. The molecule has 0 bridgehead atoms. The highest BCUT2D eigenvalue weighted by molar-refractivity contribution is 9.10. The van der Waals surface area contributed by atoms with Gasteiger partial charge in [0.25, 0.3) is 0 Å². The van der Waals surface area contributed by atoms with E-state index in [0.29, 0.717) is 17.3 Å². The van der Waals surface area contributed by atoms with Gasteiger partial charge in [-0.25, -0.2) is 0 Å². The fraction of sp³-hybridized carbons (Fsp3) is 0.400. The number of aromatic hydroxyl groups is 1. The monoisotopic (exact) mass is 244 g/mol. The van der Waals surface area contributed by atoms with E-state index in [1.165, 1.54) is 0 Å². The minimum atomic E-state index is -0.321. The van der Waals surface area contributed by atoms with Crippen LogP contribution in [0.15, 0.2) is 22.7 Å². The van der Waals surface area contributed by atoms with Crippen molar-refractivity contribution in [3.63, 3.8) is 0 Å². The average Bonchev–Trinajstić information content (AvgIpc) is 2.07. The molecule has 1 rings (SSSR count). The van der Waals surface area contributed by atoms with E-state index in [1.807, 2.05) is 12.1 Å². The van der Waals surface area contributed by atoms with Gasteiger partial charge >= 0.3 is 0 Å². The molecule has 0 heterocycles. The molecule has 2 N–H and O–H groups in total. The number of aliphatic hydroxyl groups is 1. The second kappa shape index (κ2) is 4.63. The third-order valence-corrected chi connectivity index (χ3v) is 2.54. The summed E-state index contributed by atoms with van der Waals surface area (Å²) in [4.78, 5) is 0. The van der Waals surface area contributed by atoms with E-state index in [0.717, 1.165) is 5.56 Å². The first-order valence-electron chi connectivity index (χ1n) is 4.25. The van der Waals surface area contributed by atoms with Gasteiger partial charge in [-0.2, -0.15) is 0 Å². The number of aryl methyl sites for hydroxylation is 1. The normalized spacial score (nSPS) is 12.8. The van der Waals surface area contributed by atoms with E-state index in [2.05, 4.69) is 15.9 Å². The van der Waals surface area contributed by atoms with Gasteiger partial charge in [-0.05, 0) is 47.3 Å².